The van der Waals surface area contributed by atoms with Gasteiger partial charge in [0.15, 0.2) is 5.82 Å². The normalized spacial score (nSPS) is 18.6. The van der Waals surface area contributed by atoms with Gasteiger partial charge >= 0.3 is 12.0 Å². The maximum atomic E-state index is 12.7. The van der Waals surface area contributed by atoms with Crippen LogP contribution in [-0.4, -0.2) is 56.4 Å². The number of carboxylic acids is 1. The second-order valence-corrected chi connectivity index (χ2v) is 6.66. The van der Waals surface area contributed by atoms with E-state index in [-0.39, 0.29) is 18.3 Å². The number of nitrogens with zero attached hydrogens (tertiary/aromatic N) is 3. The smallest absolute Gasteiger partial charge is 0.326 e. The number of urea groups is 1. The number of aliphatic hydroxyl groups is 1. The maximum Gasteiger partial charge on any atom is 0.326 e. The van der Waals surface area contributed by atoms with E-state index in [2.05, 4.69) is 15.5 Å². The molecule has 3 atom stereocenters. The lowest BCUT2D eigenvalue weighted by Crippen LogP contribution is -2.47. The first-order chi connectivity index (χ1) is 13.5. The van der Waals surface area contributed by atoms with E-state index >= 15 is 0 Å². The molecule has 1 aromatic heterocycles. The van der Waals surface area contributed by atoms with Gasteiger partial charge in [0.05, 0.1) is 12.6 Å². The van der Waals surface area contributed by atoms with Crippen molar-refractivity contribution in [1.29, 1.82) is 0 Å². The number of nitrogens with one attached hydrogen (secondary N) is 1. The Kier molecular flexibility index (Phi) is 6.22. The molecular formula is C18H23N5O5. The van der Waals surface area contributed by atoms with Crippen LogP contribution in [0.15, 0.2) is 34.9 Å². The molecule has 1 saturated heterocycles. The number of hydrogen-bond donors (Lipinski definition) is 4. The number of amides is 2. The fraction of sp³-hybridized carbons (Fsp3) is 0.444. The van der Waals surface area contributed by atoms with Gasteiger partial charge in [0.1, 0.15) is 12.1 Å². The van der Waals surface area contributed by atoms with E-state index in [1.165, 1.54) is 4.90 Å². The van der Waals surface area contributed by atoms with Gasteiger partial charge in [0.2, 0.25) is 5.89 Å². The molecule has 1 aliphatic rings. The first-order valence-electron chi connectivity index (χ1n) is 9.03. The lowest BCUT2D eigenvalue weighted by atomic mass is 10.1. The molecule has 1 aromatic carbocycles. The molecule has 0 radical (unpaired) electrons. The highest BCUT2D eigenvalue weighted by atomic mass is 16.5. The molecule has 0 saturated carbocycles. The van der Waals surface area contributed by atoms with Crippen molar-refractivity contribution in [2.75, 3.05) is 13.2 Å². The molecule has 2 aromatic rings. The number of nitrogens with two attached hydrogens (primary N) is 1. The fourth-order valence-electron chi connectivity index (χ4n) is 3.17. The van der Waals surface area contributed by atoms with E-state index < -0.39 is 30.1 Å². The van der Waals surface area contributed by atoms with Crippen molar-refractivity contribution in [2.45, 2.75) is 37.4 Å². The van der Waals surface area contributed by atoms with Gasteiger partial charge < -0.3 is 30.7 Å². The Morgan fingerprint density at radius 2 is 2.11 bits per heavy atom. The highest BCUT2D eigenvalue weighted by molar-refractivity contribution is 5.83. The molecule has 10 nitrogen and oxygen atoms in total. The number of hydrogen-bond acceptors (Lipinski definition) is 7. The van der Waals surface area contributed by atoms with Crippen LogP contribution >= 0.6 is 0 Å². The summed E-state index contributed by atoms with van der Waals surface area (Å²) < 4.78 is 5.26. The minimum absolute atomic E-state index is 0.134. The molecule has 1 fully saturated rings. The van der Waals surface area contributed by atoms with E-state index in [9.17, 15) is 14.7 Å². The molecule has 0 unspecified atom stereocenters. The summed E-state index contributed by atoms with van der Waals surface area (Å²) in [6.45, 7) is 0.0219. The van der Waals surface area contributed by atoms with E-state index in [4.69, 9.17) is 15.4 Å². The van der Waals surface area contributed by atoms with Gasteiger partial charge in [-0.3, -0.25) is 0 Å². The van der Waals surface area contributed by atoms with Gasteiger partial charge in [0, 0.05) is 13.0 Å². The molecule has 0 aliphatic carbocycles. The Morgan fingerprint density at radius 1 is 1.36 bits per heavy atom. The highest BCUT2D eigenvalue weighted by Crippen LogP contribution is 2.22. The molecule has 2 amide bonds. The van der Waals surface area contributed by atoms with Crippen LogP contribution in [-0.2, 0) is 11.2 Å². The van der Waals surface area contributed by atoms with Crippen molar-refractivity contribution in [3.63, 3.8) is 0 Å². The number of aliphatic hydroxyl groups excluding tert-OH is 1. The largest absolute Gasteiger partial charge is 0.480 e. The third kappa shape index (κ3) is 4.46. The average molecular weight is 389 g/mol. The maximum absolute atomic E-state index is 12.7. The number of benzene rings is 1. The van der Waals surface area contributed by atoms with Crippen molar-refractivity contribution >= 4 is 12.0 Å². The molecule has 10 heteroatoms. The summed E-state index contributed by atoms with van der Waals surface area (Å²) in [6, 6.07) is 6.60. The Labute approximate surface area is 161 Å². The second-order valence-electron chi connectivity index (χ2n) is 6.66. The predicted octanol–water partition coefficient (Wildman–Crippen LogP) is 0.604. The Morgan fingerprint density at radius 3 is 2.79 bits per heavy atom. The Bertz CT molecular complexity index is 812. The van der Waals surface area contributed by atoms with Gasteiger partial charge in [-0.2, -0.15) is 4.98 Å². The van der Waals surface area contributed by atoms with Crippen LogP contribution in [0.25, 0.3) is 0 Å². The summed E-state index contributed by atoms with van der Waals surface area (Å²) in [6.07, 6.45) is 1.42. The molecule has 2 heterocycles. The van der Waals surface area contributed by atoms with Gasteiger partial charge in [0.25, 0.3) is 0 Å². The van der Waals surface area contributed by atoms with E-state index in [0.717, 1.165) is 5.56 Å². The van der Waals surface area contributed by atoms with Crippen LogP contribution < -0.4 is 11.1 Å². The van der Waals surface area contributed by atoms with Crippen molar-refractivity contribution < 1.29 is 24.3 Å². The summed E-state index contributed by atoms with van der Waals surface area (Å²) in [7, 11) is 0. The lowest BCUT2D eigenvalue weighted by Gasteiger charge is -2.24. The lowest BCUT2D eigenvalue weighted by molar-refractivity contribution is -0.141. The summed E-state index contributed by atoms with van der Waals surface area (Å²) in [5.74, 6) is -0.752. The minimum Gasteiger partial charge on any atom is -0.480 e. The monoisotopic (exact) mass is 389 g/mol. The van der Waals surface area contributed by atoms with Crippen molar-refractivity contribution in [3.8, 4) is 0 Å². The van der Waals surface area contributed by atoms with E-state index in [1.807, 2.05) is 30.3 Å². The average Bonchev–Trinajstić information content (AvgIpc) is 3.37. The third-order valence-corrected chi connectivity index (χ3v) is 4.66. The Hall–Kier alpha value is -2.98. The van der Waals surface area contributed by atoms with E-state index in [0.29, 0.717) is 25.8 Å². The van der Waals surface area contributed by atoms with Gasteiger partial charge in [-0.25, -0.2) is 9.59 Å². The van der Waals surface area contributed by atoms with Crippen LogP contribution in [0.5, 0.6) is 0 Å². The number of rotatable bonds is 7. The molecule has 150 valence electrons. The first-order valence-corrected chi connectivity index (χ1v) is 9.03. The van der Waals surface area contributed by atoms with Crippen LogP contribution in [0.2, 0.25) is 0 Å². The highest BCUT2D eigenvalue weighted by Gasteiger charge is 2.35. The van der Waals surface area contributed by atoms with Gasteiger partial charge in [-0.05, 0) is 18.4 Å². The standard InChI is InChI=1S/C18H23N5O5/c19-12(10-24)15-21-16(28-22-15)13(9-11-5-2-1-3-6-11)20-18(27)23-8-4-7-14(23)17(25)26/h1-3,5-6,12-14,24H,4,7-10,19H2,(H,20,27)(H,25,26)/t12-,13-,14-/m0/s1. The third-order valence-electron chi connectivity index (χ3n) is 4.66. The van der Waals surface area contributed by atoms with Crippen molar-refractivity contribution in [1.82, 2.24) is 20.4 Å². The van der Waals surface area contributed by atoms with Crippen molar-refractivity contribution in [2.24, 2.45) is 5.73 Å². The summed E-state index contributed by atoms with van der Waals surface area (Å²) in [5, 5.41) is 25.0. The minimum atomic E-state index is -1.03. The Balaban J connectivity index is 1.81. The molecule has 28 heavy (non-hydrogen) atoms. The van der Waals surface area contributed by atoms with Gasteiger partial charge in [-0.15, -0.1) is 0 Å². The zero-order chi connectivity index (χ0) is 20.1. The number of aromatic nitrogens is 2. The van der Waals surface area contributed by atoms with Crippen LogP contribution in [0.4, 0.5) is 4.79 Å². The zero-order valence-corrected chi connectivity index (χ0v) is 15.2. The number of aliphatic carboxylic acids is 1. The number of carbonyl (C=O) groups excluding carboxylic acids is 1. The number of carboxylic acid groups (broad SMARTS) is 1. The molecule has 3 rings (SSSR count). The van der Waals surface area contributed by atoms with Crippen molar-refractivity contribution in [3.05, 3.63) is 47.6 Å². The molecule has 0 spiro atoms. The molecule has 5 N–H and O–H groups in total. The van der Waals surface area contributed by atoms with E-state index in [1.54, 1.807) is 0 Å². The first kappa shape index (κ1) is 19.8. The summed E-state index contributed by atoms with van der Waals surface area (Å²) in [4.78, 5) is 29.6. The molecule has 1 aliphatic heterocycles. The number of likely N-dealkylation sites (tertiary alicyclic amines) is 1. The second kappa shape index (κ2) is 8.81. The topological polar surface area (TPSA) is 155 Å². The molecular weight excluding hydrogens is 366 g/mol. The fourth-order valence-corrected chi connectivity index (χ4v) is 3.17. The zero-order valence-electron chi connectivity index (χ0n) is 15.2. The summed E-state index contributed by atoms with van der Waals surface area (Å²) in [5.41, 5.74) is 6.64. The van der Waals surface area contributed by atoms with Crippen LogP contribution in [0.1, 0.15) is 42.2 Å². The SMILES string of the molecule is N[C@@H](CO)c1noc([C@H](Cc2ccccc2)NC(=O)N2CCC[C@H]2C(=O)O)n1. The number of carbonyl (C=O) groups is 2. The van der Waals surface area contributed by atoms with Crippen LogP contribution in [0, 0.1) is 0 Å². The molecule has 0 bridgehead atoms. The quantitative estimate of drug-likeness (QED) is 0.537. The van der Waals surface area contributed by atoms with Gasteiger partial charge in [-0.1, -0.05) is 35.5 Å². The summed E-state index contributed by atoms with van der Waals surface area (Å²) >= 11 is 0. The van der Waals surface area contributed by atoms with Crippen LogP contribution in [0.3, 0.4) is 0 Å². The predicted molar refractivity (Wildman–Crippen MR) is 97.1 cm³/mol.